The Hall–Kier alpha value is -2.18. The highest BCUT2D eigenvalue weighted by Crippen LogP contribution is 2.15. The van der Waals surface area contributed by atoms with Crippen LogP contribution >= 0.6 is 0 Å². The van der Waals surface area contributed by atoms with Crippen LogP contribution in [-0.4, -0.2) is 74.2 Å². The first-order valence-electron chi connectivity index (χ1n) is 9.15. The van der Waals surface area contributed by atoms with E-state index in [-0.39, 0.29) is 11.9 Å². The van der Waals surface area contributed by atoms with Crippen molar-refractivity contribution in [3.05, 3.63) is 41.5 Å². The highest BCUT2D eigenvalue weighted by molar-refractivity contribution is 5.92. The summed E-state index contributed by atoms with van der Waals surface area (Å²) in [7, 11) is 1.36. The molecule has 1 unspecified atom stereocenters. The Labute approximate surface area is 154 Å². The van der Waals surface area contributed by atoms with Gasteiger partial charge in [0.05, 0.1) is 18.8 Å². The first-order chi connectivity index (χ1) is 12.7. The minimum absolute atomic E-state index is 0.0267. The zero-order valence-corrected chi connectivity index (χ0v) is 15.2. The number of ether oxygens (including phenoxy) is 2. The molecule has 2 saturated heterocycles. The molecule has 0 aromatic heterocycles. The van der Waals surface area contributed by atoms with E-state index in [9.17, 15) is 9.59 Å². The minimum Gasteiger partial charge on any atom is -0.465 e. The lowest BCUT2D eigenvalue weighted by molar-refractivity contribution is -0.127. The number of hydrogen-bond acceptors (Lipinski definition) is 5. The van der Waals surface area contributed by atoms with Gasteiger partial charge in [-0.3, -0.25) is 9.69 Å². The third-order valence-corrected chi connectivity index (χ3v) is 4.92. The molecule has 0 radical (unpaired) electrons. The molecule has 3 rings (SSSR count). The molecule has 0 saturated carbocycles. The number of rotatable bonds is 5. The minimum atomic E-state index is -0.363. The maximum Gasteiger partial charge on any atom is 0.337 e. The van der Waals surface area contributed by atoms with Crippen molar-refractivity contribution in [1.29, 1.82) is 0 Å². The van der Waals surface area contributed by atoms with Crippen LogP contribution in [0.25, 0.3) is 6.08 Å². The van der Waals surface area contributed by atoms with E-state index in [4.69, 9.17) is 4.74 Å². The topological polar surface area (TPSA) is 59.1 Å². The summed E-state index contributed by atoms with van der Waals surface area (Å²) in [6.07, 6.45) is 6.06. The van der Waals surface area contributed by atoms with Crippen LogP contribution in [0.4, 0.5) is 0 Å². The van der Waals surface area contributed by atoms with Crippen LogP contribution in [-0.2, 0) is 14.3 Å². The summed E-state index contributed by atoms with van der Waals surface area (Å²) in [5.41, 5.74) is 1.38. The van der Waals surface area contributed by atoms with Gasteiger partial charge in [-0.2, -0.15) is 0 Å². The van der Waals surface area contributed by atoms with Crippen LogP contribution in [0.3, 0.4) is 0 Å². The summed E-state index contributed by atoms with van der Waals surface area (Å²) in [5, 5.41) is 0. The Balaban J connectivity index is 1.46. The molecule has 1 aromatic carbocycles. The normalized spacial score (nSPS) is 21.3. The highest BCUT2D eigenvalue weighted by Gasteiger charge is 2.24. The smallest absolute Gasteiger partial charge is 0.337 e. The van der Waals surface area contributed by atoms with Gasteiger partial charge in [-0.25, -0.2) is 4.79 Å². The second kappa shape index (κ2) is 8.96. The predicted octanol–water partition coefficient (Wildman–Crippen LogP) is 1.81. The second-order valence-corrected chi connectivity index (χ2v) is 6.71. The Morgan fingerprint density at radius 1 is 1.19 bits per heavy atom. The van der Waals surface area contributed by atoms with Crippen molar-refractivity contribution < 1.29 is 19.1 Å². The molecule has 0 spiro atoms. The van der Waals surface area contributed by atoms with Crippen molar-refractivity contribution in [2.24, 2.45) is 0 Å². The largest absolute Gasteiger partial charge is 0.465 e. The lowest BCUT2D eigenvalue weighted by atomic mass is 10.1. The standard InChI is InChI=1S/C20H26N2O4/c1-25-20(24)17-7-4-16(5-8-17)6-9-19(23)22-12-10-21(11-13-22)15-18-3-2-14-26-18/h4-9,18H,2-3,10-15H2,1H3/b9-6+. The van der Waals surface area contributed by atoms with Crippen molar-refractivity contribution in [3.8, 4) is 0 Å². The Morgan fingerprint density at radius 2 is 1.92 bits per heavy atom. The zero-order chi connectivity index (χ0) is 18.4. The third kappa shape index (κ3) is 4.93. The van der Waals surface area contributed by atoms with Gasteiger partial charge in [0, 0.05) is 45.4 Å². The van der Waals surface area contributed by atoms with Gasteiger partial charge in [0.2, 0.25) is 5.91 Å². The van der Waals surface area contributed by atoms with E-state index in [1.165, 1.54) is 7.11 Å². The van der Waals surface area contributed by atoms with Crippen LogP contribution in [0.2, 0.25) is 0 Å². The molecular formula is C20H26N2O4. The molecule has 2 fully saturated rings. The van der Waals surface area contributed by atoms with Crippen molar-refractivity contribution in [2.75, 3.05) is 46.4 Å². The summed E-state index contributed by atoms with van der Waals surface area (Å²) in [4.78, 5) is 28.0. The molecule has 0 N–H and O–H groups in total. The zero-order valence-electron chi connectivity index (χ0n) is 15.2. The molecule has 1 atom stereocenters. The summed E-state index contributed by atoms with van der Waals surface area (Å²) >= 11 is 0. The van der Waals surface area contributed by atoms with Gasteiger partial charge in [-0.1, -0.05) is 12.1 Å². The van der Waals surface area contributed by atoms with Crippen LogP contribution < -0.4 is 0 Å². The third-order valence-electron chi connectivity index (χ3n) is 4.92. The number of hydrogen-bond donors (Lipinski definition) is 0. The number of nitrogens with zero attached hydrogens (tertiary/aromatic N) is 2. The average molecular weight is 358 g/mol. The quantitative estimate of drug-likeness (QED) is 0.593. The van der Waals surface area contributed by atoms with E-state index in [0.29, 0.717) is 11.7 Å². The SMILES string of the molecule is COC(=O)c1ccc(/C=C/C(=O)N2CCN(CC3CCCO3)CC2)cc1. The first-order valence-corrected chi connectivity index (χ1v) is 9.15. The van der Waals surface area contributed by atoms with Crippen molar-refractivity contribution in [2.45, 2.75) is 18.9 Å². The van der Waals surface area contributed by atoms with Crippen LogP contribution in [0.15, 0.2) is 30.3 Å². The highest BCUT2D eigenvalue weighted by atomic mass is 16.5. The summed E-state index contributed by atoms with van der Waals surface area (Å²) in [6, 6.07) is 6.99. The van der Waals surface area contributed by atoms with E-state index in [1.54, 1.807) is 36.4 Å². The maximum absolute atomic E-state index is 12.4. The number of benzene rings is 1. The molecular weight excluding hydrogens is 332 g/mol. The molecule has 140 valence electrons. The Kier molecular flexibility index (Phi) is 6.41. The number of methoxy groups -OCH3 is 1. The molecule has 26 heavy (non-hydrogen) atoms. The van der Waals surface area contributed by atoms with E-state index in [0.717, 1.165) is 57.7 Å². The van der Waals surface area contributed by atoms with Crippen molar-refractivity contribution in [3.63, 3.8) is 0 Å². The fraction of sp³-hybridized carbons (Fsp3) is 0.500. The molecule has 2 heterocycles. The second-order valence-electron chi connectivity index (χ2n) is 6.71. The van der Waals surface area contributed by atoms with E-state index < -0.39 is 0 Å². The maximum atomic E-state index is 12.4. The molecule has 0 aliphatic carbocycles. The monoisotopic (exact) mass is 358 g/mol. The van der Waals surface area contributed by atoms with E-state index in [2.05, 4.69) is 9.64 Å². The van der Waals surface area contributed by atoms with E-state index >= 15 is 0 Å². The molecule has 2 aliphatic rings. The molecule has 1 aromatic rings. The summed E-state index contributed by atoms with van der Waals surface area (Å²) in [6.45, 7) is 5.15. The predicted molar refractivity (Wildman–Crippen MR) is 98.8 cm³/mol. The van der Waals surface area contributed by atoms with Crippen molar-refractivity contribution >= 4 is 18.0 Å². The summed E-state index contributed by atoms with van der Waals surface area (Å²) in [5.74, 6) is -0.337. The molecule has 2 aliphatic heterocycles. The molecule has 6 heteroatoms. The van der Waals surface area contributed by atoms with Gasteiger partial charge < -0.3 is 14.4 Å². The number of carbonyl (C=O) groups is 2. The first kappa shape index (κ1) is 18.6. The van der Waals surface area contributed by atoms with E-state index in [1.807, 2.05) is 4.90 Å². The van der Waals surface area contributed by atoms with Gasteiger partial charge in [0.15, 0.2) is 0 Å². The van der Waals surface area contributed by atoms with Gasteiger partial charge in [0.1, 0.15) is 0 Å². The number of piperazine rings is 1. The van der Waals surface area contributed by atoms with Crippen LogP contribution in [0.1, 0.15) is 28.8 Å². The fourth-order valence-corrected chi connectivity index (χ4v) is 3.35. The van der Waals surface area contributed by atoms with Gasteiger partial charge in [-0.05, 0) is 36.6 Å². The number of esters is 1. The van der Waals surface area contributed by atoms with Crippen molar-refractivity contribution in [1.82, 2.24) is 9.80 Å². The average Bonchev–Trinajstić information content (AvgIpc) is 3.19. The van der Waals surface area contributed by atoms with Crippen LogP contribution in [0, 0.1) is 0 Å². The number of amides is 1. The summed E-state index contributed by atoms with van der Waals surface area (Å²) < 4.78 is 10.4. The molecule has 6 nitrogen and oxygen atoms in total. The number of carbonyl (C=O) groups excluding carboxylic acids is 2. The van der Waals surface area contributed by atoms with Crippen LogP contribution in [0.5, 0.6) is 0 Å². The molecule has 0 bridgehead atoms. The lowest BCUT2D eigenvalue weighted by Gasteiger charge is -2.35. The lowest BCUT2D eigenvalue weighted by Crippen LogP contribution is -2.50. The van der Waals surface area contributed by atoms with Gasteiger partial charge in [-0.15, -0.1) is 0 Å². The fourth-order valence-electron chi connectivity index (χ4n) is 3.35. The Morgan fingerprint density at radius 3 is 2.54 bits per heavy atom. The van der Waals surface area contributed by atoms with Gasteiger partial charge >= 0.3 is 5.97 Å². The van der Waals surface area contributed by atoms with Gasteiger partial charge in [0.25, 0.3) is 0 Å². The Bertz CT molecular complexity index is 642. The molecule has 1 amide bonds.